The van der Waals surface area contributed by atoms with Gasteiger partial charge in [-0.2, -0.15) is 0 Å². The molecule has 1 heterocycles. The monoisotopic (exact) mass is 233 g/mol. The summed E-state index contributed by atoms with van der Waals surface area (Å²) in [5.74, 6) is 0.618. The molecule has 0 aliphatic rings. The van der Waals surface area contributed by atoms with Crippen molar-refractivity contribution in [2.24, 2.45) is 0 Å². The molecule has 0 aliphatic carbocycles. The number of aromatic amines is 1. The number of nitrogens with zero attached hydrogens (tertiary/aromatic N) is 1. The zero-order valence-electron chi connectivity index (χ0n) is 8.69. The first kappa shape index (κ1) is 12.2. The van der Waals surface area contributed by atoms with E-state index < -0.39 is 16.1 Å². The van der Waals surface area contributed by atoms with Crippen molar-refractivity contribution in [2.45, 2.75) is 31.4 Å². The first-order valence-electron chi connectivity index (χ1n) is 4.67. The van der Waals surface area contributed by atoms with Crippen LogP contribution in [-0.2, 0) is 16.4 Å². The third-order valence-corrected chi connectivity index (χ3v) is 3.13. The van der Waals surface area contributed by atoms with Crippen molar-refractivity contribution in [1.29, 1.82) is 0 Å². The van der Waals surface area contributed by atoms with Crippen LogP contribution in [0.2, 0.25) is 0 Å². The fourth-order valence-corrected chi connectivity index (χ4v) is 2.03. The highest BCUT2D eigenvalue weighted by Gasteiger charge is 2.16. The summed E-state index contributed by atoms with van der Waals surface area (Å²) in [6, 6.07) is 0. The van der Waals surface area contributed by atoms with Crippen LogP contribution in [0.15, 0.2) is 11.2 Å². The molecule has 1 aromatic heterocycles. The van der Waals surface area contributed by atoms with Gasteiger partial charge in [0.1, 0.15) is 5.82 Å². The van der Waals surface area contributed by atoms with Crippen molar-refractivity contribution in [3.63, 3.8) is 0 Å². The fraction of sp³-hybridized carbons (Fsp3) is 0.625. The van der Waals surface area contributed by atoms with Gasteiger partial charge >= 0.3 is 0 Å². The lowest BCUT2D eigenvalue weighted by Crippen LogP contribution is -2.30. The largest absolute Gasteiger partial charge is 0.392 e. The van der Waals surface area contributed by atoms with Crippen LogP contribution in [0.4, 0.5) is 0 Å². The second-order valence-electron chi connectivity index (χ2n) is 3.25. The minimum Gasteiger partial charge on any atom is -0.392 e. The quantitative estimate of drug-likeness (QED) is 0.646. The molecular weight excluding hydrogens is 218 g/mol. The molecule has 86 valence electrons. The number of nitrogens with one attached hydrogen (secondary N) is 2. The number of imidazole rings is 1. The summed E-state index contributed by atoms with van der Waals surface area (Å²) in [5, 5.41) is 8.99. The van der Waals surface area contributed by atoms with Crippen LogP contribution >= 0.6 is 0 Å². The highest BCUT2D eigenvalue weighted by molar-refractivity contribution is 7.89. The van der Waals surface area contributed by atoms with Crippen LogP contribution < -0.4 is 4.72 Å². The molecule has 1 rings (SSSR count). The third kappa shape index (κ3) is 3.29. The molecule has 0 aromatic carbocycles. The van der Waals surface area contributed by atoms with Gasteiger partial charge < -0.3 is 10.1 Å². The summed E-state index contributed by atoms with van der Waals surface area (Å²) in [7, 11) is -3.57. The van der Waals surface area contributed by atoms with E-state index in [-0.39, 0.29) is 11.6 Å². The van der Waals surface area contributed by atoms with Crippen LogP contribution in [0.5, 0.6) is 0 Å². The normalized spacial score (nSPS) is 14.1. The summed E-state index contributed by atoms with van der Waals surface area (Å²) in [4.78, 5) is 6.57. The minimum absolute atomic E-state index is 0.0111. The summed E-state index contributed by atoms with van der Waals surface area (Å²) >= 11 is 0. The molecule has 0 aliphatic heterocycles. The first-order valence-corrected chi connectivity index (χ1v) is 6.15. The Morgan fingerprint density at radius 2 is 2.33 bits per heavy atom. The summed E-state index contributed by atoms with van der Waals surface area (Å²) in [6.07, 6.45) is 1.20. The van der Waals surface area contributed by atoms with Gasteiger partial charge in [0, 0.05) is 13.0 Å². The molecule has 1 atom stereocenters. The molecule has 6 nitrogen and oxygen atoms in total. The number of aromatic nitrogens is 2. The molecule has 0 saturated carbocycles. The minimum atomic E-state index is -3.57. The Balaban J connectivity index is 2.77. The number of aliphatic hydroxyl groups is 1. The Labute approximate surface area is 88.8 Å². The zero-order chi connectivity index (χ0) is 11.5. The third-order valence-electron chi connectivity index (χ3n) is 1.80. The van der Waals surface area contributed by atoms with Gasteiger partial charge in [-0.1, -0.05) is 6.92 Å². The van der Waals surface area contributed by atoms with Gasteiger partial charge in [0.15, 0.2) is 5.03 Å². The van der Waals surface area contributed by atoms with Crippen molar-refractivity contribution in [2.75, 3.05) is 6.54 Å². The first-order chi connectivity index (χ1) is 6.95. The molecule has 0 amide bonds. The molecule has 0 radical (unpaired) electrons. The molecular formula is C8H15N3O3S. The lowest BCUT2D eigenvalue weighted by molar-refractivity contribution is 0.198. The van der Waals surface area contributed by atoms with Crippen LogP contribution in [0.25, 0.3) is 0 Å². The van der Waals surface area contributed by atoms with Crippen LogP contribution in [0.3, 0.4) is 0 Å². The molecule has 0 unspecified atom stereocenters. The van der Waals surface area contributed by atoms with E-state index in [2.05, 4.69) is 14.7 Å². The van der Waals surface area contributed by atoms with Gasteiger partial charge in [-0.25, -0.2) is 18.1 Å². The number of hydrogen-bond acceptors (Lipinski definition) is 4. The van der Waals surface area contributed by atoms with E-state index in [0.717, 1.165) is 0 Å². The van der Waals surface area contributed by atoms with Gasteiger partial charge in [0.25, 0.3) is 10.0 Å². The zero-order valence-corrected chi connectivity index (χ0v) is 9.50. The van der Waals surface area contributed by atoms with Crippen molar-refractivity contribution < 1.29 is 13.5 Å². The number of aliphatic hydroxyl groups excluding tert-OH is 1. The van der Waals surface area contributed by atoms with Gasteiger partial charge in [-0.15, -0.1) is 0 Å². The molecule has 15 heavy (non-hydrogen) atoms. The van der Waals surface area contributed by atoms with E-state index in [1.54, 1.807) is 0 Å². The van der Waals surface area contributed by atoms with E-state index >= 15 is 0 Å². The van der Waals surface area contributed by atoms with Gasteiger partial charge in [0.05, 0.1) is 12.3 Å². The Morgan fingerprint density at radius 3 is 2.80 bits per heavy atom. The molecule has 7 heteroatoms. The Bertz CT molecular complexity index is 411. The van der Waals surface area contributed by atoms with E-state index in [1.165, 1.54) is 13.1 Å². The summed E-state index contributed by atoms with van der Waals surface area (Å²) in [5.41, 5.74) is 0. The number of rotatable bonds is 5. The van der Waals surface area contributed by atoms with E-state index in [0.29, 0.717) is 12.2 Å². The summed E-state index contributed by atoms with van der Waals surface area (Å²) < 4.78 is 25.4. The average Bonchev–Trinajstić information content (AvgIpc) is 2.63. The maximum absolute atomic E-state index is 11.6. The maximum Gasteiger partial charge on any atom is 0.257 e. The van der Waals surface area contributed by atoms with E-state index in [1.807, 2.05) is 6.92 Å². The van der Waals surface area contributed by atoms with E-state index in [4.69, 9.17) is 5.11 Å². The predicted octanol–water partition coefficient (Wildman–Crippen LogP) is -0.369. The van der Waals surface area contributed by atoms with Gasteiger partial charge in [-0.05, 0) is 6.92 Å². The lowest BCUT2D eigenvalue weighted by Gasteiger charge is -2.05. The van der Waals surface area contributed by atoms with Crippen molar-refractivity contribution in [3.05, 3.63) is 12.0 Å². The Hall–Kier alpha value is -0.920. The molecule has 0 saturated heterocycles. The predicted molar refractivity (Wildman–Crippen MR) is 54.8 cm³/mol. The molecule has 0 spiro atoms. The Kier molecular flexibility index (Phi) is 3.83. The second-order valence-corrected chi connectivity index (χ2v) is 4.98. The van der Waals surface area contributed by atoms with Crippen molar-refractivity contribution >= 4 is 10.0 Å². The number of aryl methyl sites for hydroxylation is 1. The van der Waals surface area contributed by atoms with Gasteiger partial charge in [-0.3, -0.25) is 0 Å². The van der Waals surface area contributed by atoms with Gasteiger partial charge in [0.2, 0.25) is 0 Å². The highest BCUT2D eigenvalue weighted by atomic mass is 32.2. The smallest absolute Gasteiger partial charge is 0.257 e. The Morgan fingerprint density at radius 1 is 1.67 bits per heavy atom. The second kappa shape index (κ2) is 4.73. The SMILES string of the molecule is CCc1ncc(S(=O)(=O)NC[C@H](C)O)[nH]1. The molecule has 0 fully saturated rings. The van der Waals surface area contributed by atoms with Crippen LogP contribution in [0, 0.1) is 0 Å². The molecule has 1 aromatic rings. The molecule has 3 N–H and O–H groups in total. The van der Waals surface area contributed by atoms with Crippen molar-refractivity contribution in [1.82, 2.24) is 14.7 Å². The average molecular weight is 233 g/mol. The fourth-order valence-electron chi connectivity index (χ4n) is 0.968. The van der Waals surface area contributed by atoms with Crippen molar-refractivity contribution in [3.8, 4) is 0 Å². The number of H-pyrrole nitrogens is 1. The maximum atomic E-state index is 11.6. The lowest BCUT2D eigenvalue weighted by atomic mass is 10.4. The highest BCUT2D eigenvalue weighted by Crippen LogP contribution is 2.05. The number of sulfonamides is 1. The standard InChI is InChI=1S/C8H15N3O3S/c1-3-7-9-5-8(11-7)15(13,14)10-4-6(2)12/h5-6,10,12H,3-4H2,1-2H3,(H,9,11)/t6-/m0/s1. The number of hydrogen-bond donors (Lipinski definition) is 3. The van der Waals surface area contributed by atoms with Crippen LogP contribution in [0.1, 0.15) is 19.7 Å². The topological polar surface area (TPSA) is 95.1 Å². The van der Waals surface area contributed by atoms with Crippen LogP contribution in [-0.4, -0.2) is 36.1 Å². The molecule has 0 bridgehead atoms. The van der Waals surface area contributed by atoms with E-state index in [9.17, 15) is 8.42 Å². The summed E-state index contributed by atoms with van der Waals surface area (Å²) in [6.45, 7) is 3.37.